The van der Waals surface area contributed by atoms with Crippen LogP contribution < -0.4 is 0 Å². The van der Waals surface area contributed by atoms with Gasteiger partial charge in [0.1, 0.15) is 0 Å². The molecule has 0 aliphatic heterocycles. The lowest BCUT2D eigenvalue weighted by Gasteiger charge is -2.38. The van der Waals surface area contributed by atoms with Crippen molar-refractivity contribution in [3.8, 4) is 0 Å². The summed E-state index contributed by atoms with van der Waals surface area (Å²) in [5.74, 6) is 0. The van der Waals surface area contributed by atoms with Gasteiger partial charge in [-0.1, -0.05) is 141 Å². The summed E-state index contributed by atoms with van der Waals surface area (Å²) in [6.45, 7) is 0. The number of rotatable bonds is 6. The van der Waals surface area contributed by atoms with Gasteiger partial charge in [-0.25, -0.2) is 0 Å². The molecule has 0 bridgehead atoms. The summed E-state index contributed by atoms with van der Waals surface area (Å²) in [4.78, 5) is 0. The molecule has 0 nitrogen and oxygen atoms in total. The van der Waals surface area contributed by atoms with Crippen LogP contribution in [0.4, 0.5) is 0 Å². The zero-order valence-electron chi connectivity index (χ0n) is 16.1. The van der Waals surface area contributed by atoms with Crippen molar-refractivity contribution in [1.29, 1.82) is 0 Å². The first-order chi connectivity index (χ1) is 14.3. The topological polar surface area (TPSA) is 0 Å². The Balaban J connectivity index is 2.19. The third kappa shape index (κ3) is 3.60. The highest BCUT2D eigenvalue weighted by atomic mass is 79.9. The number of hydrogen-bond acceptors (Lipinski definition) is 0. The highest BCUT2D eigenvalue weighted by Gasteiger charge is 2.39. The van der Waals surface area contributed by atoms with Gasteiger partial charge in [0.2, 0.25) is 0 Å². The Morgan fingerprint density at radius 3 is 1.31 bits per heavy atom. The van der Waals surface area contributed by atoms with E-state index in [-0.39, 0.29) is 0 Å². The molecular weight excluding hydrogens is 484 g/mol. The second-order valence-corrected chi connectivity index (χ2v) is 8.18. The van der Waals surface area contributed by atoms with Crippen LogP contribution in [-0.2, 0) is 16.1 Å². The molecule has 144 valence electrons. The normalized spacial score (nSPS) is 11.4. The maximum Gasteiger partial charge on any atom is 0.0704 e. The molecule has 0 amide bonds. The van der Waals surface area contributed by atoms with Crippen LogP contribution in [0, 0.1) is 0 Å². The van der Waals surface area contributed by atoms with Crippen molar-refractivity contribution >= 4 is 31.9 Å². The fourth-order valence-electron chi connectivity index (χ4n) is 4.30. The summed E-state index contributed by atoms with van der Waals surface area (Å²) in [5, 5.41) is 1.63. The lowest BCUT2D eigenvalue weighted by atomic mass is 9.64. The highest BCUT2D eigenvalue weighted by Crippen LogP contribution is 2.47. The molecule has 0 saturated carbocycles. The second kappa shape index (κ2) is 9.11. The molecular formula is C27H22Br2. The lowest BCUT2D eigenvalue weighted by molar-refractivity contribution is 0.736. The van der Waals surface area contributed by atoms with Gasteiger partial charge in [-0.15, -0.1) is 0 Å². The average Bonchev–Trinajstić information content (AvgIpc) is 2.81. The molecule has 4 rings (SSSR count). The minimum atomic E-state index is -0.398. The first kappa shape index (κ1) is 20.1. The largest absolute Gasteiger partial charge is 0.0876 e. The molecule has 2 heteroatoms. The Kier molecular flexibility index (Phi) is 6.32. The van der Waals surface area contributed by atoms with Gasteiger partial charge in [-0.05, 0) is 33.4 Å². The minimum Gasteiger partial charge on any atom is -0.0876 e. The summed E-state index contributed by atoms with van der Waals surface area (Å²) in [5.41, 5.74) is 7.37. The van der Waals surface area contributed by atoms with Crippen LogP contribution in [0.1, 0.15) is 33.4 Å². The van der Waals surface area contributed by atoms with E-state index in [0.29, 0.717) is 0 Å². The van der Waals surface area contributed by atoms with Crippen LogP contribution >= 0.6 is 31.9 Å². The van der Waals surface area contributed by atoms with Crippen molar-refractivity contribution in [2.45, 2.75) is 16.1 Å². The van der Waals surface area contributed by atoms with Gasteiger partial charge in [0.05, 0.1) is 5.41 Å². The van der Waals surface area contributed by atoms with Crippen LogP contribution in [0.5, 0.6) is 0 Å². The van der Waals surface area contributed by atoms with Crippen molar-refractivity contribution in [2.75, 3.05) is 0 Å². The van der Waals surface area contributed by atoms with Crippen molar-refractivity contribution in [3.63, 3.8) is 0 Å². The van der Waals surface area contributed by atoms with Crippen LogP contribution in [0.2, 0.25) is 0 Å². The standard InChI is InChI=1S/C27H22Br2/c28-19-21-11-10-18-26(25(21)20-29)27(22-12-4-1-5-13-22,23-14-6-2-7-15-23)24-16-8-3-9-17-24/h1-18H,19-20H2. The molecule has 4 aromatic carbocycles. The van der Waals surface area contributed by atoms with Crippen molar-refractivity contribution < 1.29 is 0 Å². The number of benzene rings is 4. The fraction of sp³-hybridized carbons (Fsp3) is 0.111. The predicted molar refractivity (Wildman–Crippen MR) is 130 cm³/mol. The van der Waals surface area contributed by atoms with Gasteiger partial charge in [0.25, 0.3) is 0 Å². The van der Waals surface area contributed by atoms with E-state index >= 15 is 0 Å². The van der Waals surface area contributed by atoms with Gasteiger partial charge < -0.3 is 0 Å². The lowest BCUT2D eigenvalue weighted by Crippen LogP contribution is -2.32. The van der Waals surface area contributed by atoms with Crippen LogP contribution in [-0.4, -0.2) is 0 Å². The van der Waals surface area contributed by atoms with E-state index < -0.39 is 5.41 Å². The monoisotopic (exact) mass is 504 g/mol. The zero-order chi connectivity index (χ0) is 20.1. The van der Waals surface area contributed by atoms with Gasteiger partial charge in [0.15, 0.2) is 0 Å². The quantitative estimate of drug-likeness (QED) is 0.185. The Bertz CT molecular complexity index is 961. The molecule has 29 heavy (non-hydrogen) atoms. The molecule has 0 aliphatic rings. The average molecular weight is 506 g/mol. The summed E-state index contributed by atoms with van der Waals surface area (Å²) in [7, 11) is 0. The second-order valence-electron chi connectivity index (χ2n) is 7.06. The Morgan fingerprint density at radius 1 is 0.483 bits per heavy atom. The number of halogens is 2. The minimum absolute atomic E-state index is 0.398. The number of hydrogen-bond donors (Lipinski definition) is 0. The van der Waals surface area contributed by atoms with Crippen LogP contribution in [0.15, 0.2) is 109 Å². The smallest absolute Gasteiger partial charge is 0.0704 e. The third-order valence-electron chi connectivity index (χ3n) is 5.58. The molecule has 0 atom stereocenters. The number of alkyl halides is 2. The third-order valence-corrected chi connectivity index (χ3v) is 6.74. The molecule has 0 aromatic heterocycles. The van der Waals surface area contributed by atoms with Gasteiger partial charge in [0, 0.05) is 10.7 Å². The van der Waals surface area contributed by atoms with E-state index in [1.54, 1.807) is 0 Å². The summed E-state index contributed by atoms with van der Waals surface area (Å²) < 4.78 is 0. The molecule has 4 aromatic rings. The molecule has 0 radical (unpaired) electrons. The first-order valence-corrected chi connectivity index (χ1v) is 12.0. The van der Waals surface area contributed by atoms with E-state index in [9.17, 15) is 0 Å². The van der Waals surface area contributed by atoms with E-state index in [4.69, 9.17) is 0 Å². The van der Waals surface area contributed by atoms with Crippen LogP contribution in [0.25, 0.3) is 0 Å². The molecule has 0 heterocycles. The van der Waals surface area contributed by atoms with E-state index in [1.165, 1.54) is 33.4 Å². The van der Waals surface area contributed by atoms with Gasteiger partial charge >= 0.3 is 0 Å². The summed E-state index contributed by atoms with van der Waals surface area (Å²) >= 11 is 7.49. The molecule has 0 fully saturated rings. The predicted octanol–water partition coefficient (Wildman–Crippen LogP) is 7.86. The Labute approximate surface area is 189 Å². The van der Waals surface area contributed by atoms with Crippen molar-refractivity contribution in [2.24, 2.45) is 0 Å². The molecule has 0 unspecified atom stereocenters. The van der Waals surface area contributed by atoms with E-state index in [2.05, 4.69) is 141 Å². The summed E-state index contributed by atoms with van der Waals surface area (Å²) in [6, 6.07) is 39.3. The van der Waals surface area contributed by atoms with E-state index in [1.807, 2.05) is 0 Å². The zero-order valence-corrected chi connectivity index (χ0v) is 19.2. The SMILES string of the molecule is BrCc1cccc(C(c2ccccc2)(c2ccccc2)c2ccccc2)c1CBr. The van der Waals surface area contributed by atoms with E-state index in [0.717, 1.165) is 10.7 Å². The first-order valence-electron chi connectivity index (χ1n) is 9.72. The maximum atomic E-state index is 3.79. The molecule has 0 N–H and O–H groups in total. The fourth-order valence-corrected chi connectivity index (χ4v) is 5.49. The van der Waals surface area contributed by atoms with Gasteiger partial charge in [-0.3, -0.25) is 0 Å². The van der Waals surface area contributed by atoms with Gasteiger partial charge in [-0.2, -0.15) is 0 Å². The maximum absolute atomic E-state index is 3.79. The Morgan fingerprint density at radius 2 is 0.931 bits per heavy atom. The highest BCUT2D eigenvalue weighted by molar-refractivity contribution is 9.09. The molecule has 0 spiro atoms. The van der Waals surface area contributed by atoms with Crippen LogP contribution in [0.3, 0.4) is 0 Å². The Hall–Kier alpha value is -2.16. The molecule has 0 saturated heterocycles. The molecule has 0 aliphatic carbocycles. The van der Waals surface area contributed by atoms with Crippen molar-refractivity contribution in [1.82, 2.24) is 0 Å². The van der Waals surface area contributed by atoms with Crippen molar-refractivity contribution in [3.05, 3.63) is 143 Å². The summed E-state index contributed by atoms with van der Waals surface area (Å²) in [6.07, 6.45) is 0.